The molecular formula is C13H9BrNO3S2-. The molecule has 20 heavy (non-hydrogen) atoms. The molecule has 0 bridgehead atoms. The summed E-state index contributed by atoms with van der Waals surface area (Å²) < 4.78 is 1.12. The Hall–Kier alpha value is -1.18. The molecular weight excluding hydrogens is 362 g/mol. The number of amides is 1. The Bertz CT molecular complexity index is 630. The first-order valence-corrected chi connectivity index (χ1v) is 7.65. The molecule has 1 saturated heterocycles. The van der Waals surface area contributed by atoms with E-state index in [-0.39, 0.29) is 4.32 Å². The summed E-state index contributed by atoms with van der Waals surface area (Å²) in [5.74, 6) is -1.73. The normalized spacial score (nSPS) is 18.7. The van der Waals surface area contributed by atoms with E-state index in [0.29, 0.717) is 4.91 Å². The van der Waals surface area contributed by atoms with Crippen molar-refractivity contribution in [3.63, 3.8) is 0 Å². The molecule has 1 amide bonds. The maximum atomic E-state index is 12.2. The van der Waals surface area contributed by atoms with E-state index < -0.39 is 17.9 Å². The van der Waals surface area contributed by atoms with E-state index >= 15 is 0 Å². The number of hydrogen-bond donors (Lipinski definition) is 0. The molecule has 104 valence electrons. The van der Waals surface area contributed by atoms with Gasteiger partial charge in [0.1, 0.15) is 4.32 Å². The number of aliphatic carboxylic acids is 1. The van der Waals surface area contributed by atoms with Gasteiger partial charge >= 0.3 is 0 Å². The third kappa shape index (κ3) is 3.11. The van der Waals surface area contributed by atoms with Crippen LogP contribution in [-0.2, 0) is 9.59 Å². The van der Waals surface area contributed by atoms with E-state index in [1.165, 1.54) is 6.92 Å². The summed E-state index contributed by atoms with van der Waals surface area (Å²) >= 11 is 9.50. The summed E-state index contributed by atoms with van der Waals surface area (Å²) in [6, 6.07) is 6.35. The number of thiocarbonyl (C=S) groups is 1. The van der Waals surface area contributed by atoms with Crippen molar-refractivity contribution in [3.8, 4) is 0 Å². The van der Waals surface area contributed by atoms with E-state index in [4.69, 9.17) is 12.2 Å². The van der Waals surface area contributed by atoms with Gasteiger partial charge in [-0.25, -0.2) is 0 Å². The zero-order valence-electron chi connectivity index (χ0n) is 10.3. The fourth-order valence-corrected chi connectivity index (χ4v) is 3.50. The van der Waals surface area contributed by atoms with Crippen LogP contribution < -0.4 is 5.11 Å². The first kappa shape index (κ1) is 15.2. The number of halogens is 1. The van der Waals surface area contributed by atoms with Gasteiger partial charge < -0.3 is 9.90 Å². The van der Waals surface area contributed by atoms with Gasteiger partial charge in [-0.05, 0) is 30.7 Å². The van der Waals surface area contributed by atoms with Crippen LogP contribution in [0.4, 0.5) is 0 Å². The van der Waals surface area contributed by atoms with Gasteiger partial charge in [0.25, 0.3) is 5.91 Å². The van der Waals surface area contributed by atoms with Crippen LogP contribution in [0.5, 0.6) is 0 Å². The highest BCUT2D eigenvalue weighted by Gasteiger charge is 2.35. The highest BCUT2D eigenvalue weighted by atomic mass is 79.9. The Kier molecular flexibility index (Phi) is 4.62. The zero-order chi connectivity index (χ0) is 14.9. The number of rotatable bonds is 3. The van der Waals surface area contributed by atoms with Crippen LogP contribution in [-0.4, -0.2) is 27.1 Å². The number of carbonyl (C=O) groups excluding carboxylic acids is 2. The van der Waals surface area contributed by atoms with Crippen molar-refractivity contribution in [2.45, 2.75) is 13.0 Å². The van der Waals surface area contributed by atoms with Crippen LogP contribution in [0.1, 0.15) is 12.5 Å². The van der Waals surface area contributed by atoms with Gasteiger partial charge in [-0.1, -0.05) is 52.0 Å². The minimum atomic E-state index is -1.33. The Morgan fingerprint density at radius 1 is 1.55 bits per heavy atom. The average Bonchev–Trinajstić information content (AvgIpc) is 2.63. The van der Waals surface area contributed by atoms with Crippen LogP contribution in [0.15, 0.2) is 33.6 Å². The van der Waals surface area contributed by atoms with Crippen molar-refractivity contribution in [2.75, 3.05) is 0 Å². The molecule has 1 heterocycles. The van der Waals surface area contributed by atoms with Crippen molar-refractivity contribution in [3.05, 3.63) is 39.2 Å². The van der Waals surface area contributed by atoms with Gasteiger partial charge in [-0.15, -0.1) is 0 Å². The van der Waals surface area contributed by atoms with Crippen LogP contribution in [0.3, 0.4) is 0 Å². The van der Waals surface area contributed by atoms with Crippen molar-refractivity contribution >= 4 is 62.2 Å². The van der Waals surface area contributed by atoms with E-state index in [0.717, 1.165) is 26.7 Å². The maximum absolute atomic E-state index is 12.2. The molecule has 7 heteroatoms. The Morgan fingerprint density at radius 2 is 2.25 bits per heavy atom. The lowest BCUT2D eigenvalue weighted by Gasteiger charge is -2.23. The Balaban J connectivity index is 2.30. The summed E-state index contributed by atoms with van der Waals surface area (Å²) in [5.41, 5.74) is 0.834. The number of nitrogens with zero attached hydrogens (tertiary/aromatic N) is 1. The highest BCUT2D eigenvalue weighted by molar-refractivity contribution is 9.10. The van der Waals surface area contributed by atoms with Gasteiger partial charge in [0.05, 0.1) is 16.9 Å². The van der Waals surface area contributed by atoms with Gasteiger partial charge in [0, 0.05) is 4.47 Å². The lowest BCUT2D eigenvalue weighted by Crippen LogP contribution is -2.48. The first-order valence-electron chi connectivity index (χ1n) is 5.63. The number of hydrogen-bond acceptors (Lipinski definition) is 5. The molecule has 0 aliphatic carbocycles. The molecule has 1 fully saturated rings. The van der Waals surface area contributed by atoms with E-state index in [9.17, 15) is 14.7 Å². The third-order valence-electron chi connectivity index (χ3n) is 2.70. The maximum Gasteiger partial charge on any atom is 0.266 e. The van der Waals surface area contributed by atoms with Gasteiger partial charge in [0.2, 0.25) is 0 Å². The van der Waals surface area contributed by atoms with Crippen molar-refractivity contribution in [2.24, 2.45) is 0 Å². The second-order valence-electron chi connectivity index (χ2n) is 4.10. The van der Waals surface area contributed by atoms with Gasteiger partial charge in [0.15, 0.2) is 0 Å². The largest absolute Gasteiger partial charge is 0.548 e. The Morgan fingerprint density at radius 3 is 2.85 bits per heavy atom. The summed E-state index contributed by atoms with van der Waals surface area (Å²) in [6.45, 7) is 1.38. The number of carbonyl (C=O) groups is 2. The molecule has 1 aliphatic rings. The predicted octanol–water partition coefficient (Wildman–Crippen LogP) is 1.79. The van der Waals surface area contributed by atoms with Crippen molar-refractivity contribution in [1.29, 1.82) is 0 Å². The minimum absolute atomic E-state index is 0.230. The molecule has 0 radical (unpaired) electrons. The SMILES string of the molecule is C[C@H](C(=O)[O-])N1C(=O)/C(=C/c2cccc(Br)c2)SC1=S. The minimum Gasteiger partial charge on any atom is -0.548 e. The number of carboxylic acids is 1. The van der Waals surface area contributed by atoms with Gasteiger partial charge in [-0.2, -0.15) is 0 Å². The number of thioether (sulfide) groups is 1. The molecule has 0 saturated carbocycles. The molecule has 0 aromatic heterocycles. The first-order chi connectivity index (χ1) is 9.40. The number of benzene rings is 1. The Labute approximate surface area is 134 Å². The van der Waals surface area contributed by atoms with Crippen LogP contribution >= 0.6 is 39.9 Å². The summed E-state index contributed by atoms with van der Waals surface area (Å²) in [4.78, 5) is 24.6. The predicted molar refractivity (Wildman–Crippen MR) is 83.6 cm³/mol. The van der Waals surface area contributed by atoms with Crippen LogP contribution in [0.2, 0.25) is 0 Å². The fraction of sp³-hybridized carbons (Fsp3) is 0.154. The lowest BCUT2D eigenvalue weighted by atomic mass is 10.2. The highest BCUT2D eigenvalue weighted by Crippen LogP contribution is 2.34. The summed E-state index contributed by atoms with van der Waals surface area (Å²) in [5, 5.41) is 10.9. The zero-order valence-corrected chi connectivity index (χ0v) is 13.5. The second kappa shape index (κ2) is 6.07. The lowest BCUT2D eigenvalue weighted by molar-refractivity contribution is -0.309. The molecule has 2 rings (SSSR count). The van der Waals surface area contributed by atoms with Crippen LogP contribution in [0, 0.1) is 0 Å². The molecule has 1 aromatic rings. The number of carboxylic acid groups (broad SMARTS) is 1. The second-order valence-corrected chi connectivity index (χ2v) is 6.69. The molecule has 4 nitrogen and oxygen atoms in total. The molecule has 0 N–H and O–H groups in total. The standard InChI is InChI=1S/C13H10BrNO3S2/c1-7(12(17)18)15-11(16)10(20-13(15)19)6-8-3-2-4-9(14)5-8/h2-7H,1H3,(H,17,18)/p-1/b10-6-/t7-/m1/s1. The summed E-state index contributed by atoms with van der Waals surface area (Å²) in [7, 11) is 0. The fourth-order valence-electron chi connectivity index (χ4n) is 1.67. The molecule has 0 unspecified atom stereocenters. The summed E-state index contributed by atoms with van der Waals surface area (Å²) in [6.07, 6.45) is 1.69. The third-order valence-corrected chi connectivity index (χ3v) is 4.52. The van der Waals surface area contributed by atoms with E-state index in [1.54, 1.807) is 6.08 Å². The van der Waals surface area contributed by atoms with E-state index in [1.807, 2.05) is 24.3 Å². The molecule has 0 spiro atoms. The molecule has 1 atom stereocenters. The monoisotopic (exact) mass is 370 g/mol. The molecule has 1 aliphatic heterocycles. The van der Waals surface area contributed by atoms with Gasteiger partial charge in [-0.3, -0.25) is 9.69 Å². The quantitative estimate of drug-likeness (QED) is 0.599. The smallest absolute Gasteiger partial charge is 0.266 e. The molecule has 1 aromatic carbocycles. The van der Waals surface area contributed by atoms with Crippen molar-refractivity contribution in [1.82, 2.24) is 4.90 Å². The topological polar surface area (TPSA) is 60.4 Å². The average molecular weight is 371 g/mol. The van der Waals surface area contributed by atoms with Crippen LogP contribution in [0.25, 0.3) is 6.08 Å². The van der Waals surface area contributed by atoms with E-state index in [2.05, 4.69) is 15.9 Å². The van der Waals surface area contributed by atoms with Crippen molar-refractivity contribution < 1.29 is 14.7 Å².